The Morgan fingerprint density at radius 2 is 1.76 bits per heavy atom. The van der Waals surface area contributed by atoms with Crippen molar-refractivity contribution < 1.29 is 4.74 Å². The molecule has 0 saturated heterocycles. The SMILES string of the molecule is CC(C)(C)Oc1ccc(/C=N/Nc2nc(=O)[nH]nc2C(C)(C)C)cc1. The van der Waals surface area contributed by atoms with Crippen LogP contribution >= 0.6 is 0 Å². The van der Waals surface area contributed by atoms with E-state index in [4.69, 9.17) is 4.74 Å². The Hall–Kier alpha value is -2.70. The Kier molecular flexibility index (Phi) is 5.25. The average molecular weight is 343 g/mol. The Labute approximate surface area is 147 Å². The number of hydrazone groups is 1. The number of nitrogens with zero attached hydrogens (tertiary/aromatic N) is 3. The predicted octanol–water partition coefficient (Wildman–Crippen LogP) is 3.09. The van der Waals surface area contributed by atoms with E-state index < -0.39 is 5.69 Å². The van der Waals surface area contributed by atoms with Crippen LogP contribution < -0.4 is 15.9 Å². The molecule has 134 valence electrons. The van der Waals surface area contributed by atoms with Gasteiger partial charge >= 0.3 is 5.69 Å². The fourth-order valence-electron chi connectivity index (χ4n) is 2.08. The van der Waals surface area contributed by atoms with Crippen molar-refractivity contribution in [1.29, 1.82) is 0 Å². The molecule has 0 fully saturated rings. The van der Waals surface area contributed by atoms with Crippen LogP contribution in [-0.2, 0) is 5.41 Å². The molecule has 7 nitrogen and oxygen atoms in total. The van der Waals surface area contributed by atoms with E-state index in [1.54, 1.807) is 6.21 Å². The van der Waals surface area contributed by atoms with E-state index in [2.05, 4.69) is 25.7 Å². The smallest absolute Gasteiger partial charge is 0.363 e. The highest BCUT2D eigenvalue weighted by molar-refractivity contribution is 5.80. The minimum absolute atomic E-state index is 0.237. The van der Waals surface area contributed by atoms with Crippen LogP contribution in [0.5, 0.6) is 5.75 Å². The van der Waals surface area contributed by atoms with Gasteiger partial charge in [0, 0.05) is 5.41 Å². The van der Waals surface area contributed by atoms with Crippen molar-refractivity contribution in [2.75, 3.05) is 5.43 Å². The van der Waals surface area contributed by atoms with Gasteiger partial charge in [-0.05, 0) is 50.6 Å². The molecule has 0 spiro atoms. The number of benzene rings is 1. The molecule has 0 aliphatic rings. The summed E-state index contributed by atoms with van der Waals surface area (Å²) in [4.78, 5) is 15.3. The van der Waals surface area contributed by atoms with E-state index in [1.165, 1.54) is 0 Å². The van der Waals surface area contributed by atoms with Crippen molar-refractivity contribution in [2.45, 2.75) is 52.6 Å². The molecule has 25 heavy (non-hydrogen) atoms. The van der Waals surface area contributed by atoms with Crippen LogP contribution in [0.1, 0.15) is 52.8 Å². The van der Waals surface area contributed by atoms with Crippen LogP contribution in [0.4, 0.5) is 5.82 Å². The quantitative estimate of drug-likeness (QED) is 0.657. The van der Waals surface area contributed by atoms with Crippen molar-refractivity contribution >= 4 is 12.0 Å². The second kappa shape index (κ2) is 7.04. The van der Waals surface area contributed by atoms with Crippen LogP contribution in [-0.4, -0.2) is 27.0 Å². The number of H-pyrrole nitrogens is 1. The number of hydrogen-bond acceptors (Lipinski definition) is 6. The Bertz CT molecular complexity index is 796. The lowest BCUT2D eigenvalue weighted by Gasteiger charge is -2.21. The van der Waals surface area contributed by atoms with Gasteiger partial charge in [0.2, 0.25) is 0 Å². The summed E-state index contributed by atoms with van der Waals surface area (Å²) in [6, 6.07) is 7.58. The zero-order chi connectivity index (χ0) is 18.7. The number of nitrogens with one attached hydrogen (secondary N) is 2. The Balaban J connectivity index is 2.11. The highest BCUT2D eigenvalue weighted by atomic mass is 16.5. The topological polar surface area (TPSA) is 92.3 Å². The number of ether oxygens (including phenoxy) is 1. The fourth-order valence-corrected chi connectivity index (χ4v) is 2.08. The molecule has 2 N–H and O–H groups in total. The molecule has 2 rings (SSSR count). The molecule has 0 aliphatic heterocycles. The lowest BCUT2D eigenvalue weighted by atomic mass is 9.92. The molecule has 1 aromatic heterocycles. The summed E-state index contributed by atoms with van der Waals surface area (Å²) in [5.74, 6) is 1.15. The minimum atomic E-state index is -0.519. The second-order valence-electron chi connectivity index (χ2n) is 7.74. The van der Waals surface area contributed by atoms with Crippen LogP contribution in [0.2, 0.25) is 0 Å². The number of aromatic amines is 1. The first-order valence-corrected chi connectivity index (χ1v) is 8.10. The minimum Gasteiger partial charge on any atom is -0.488 e. The molecule has 1 aromatic carbocycles. The maximum absolute atomic E-state index is 11.4. The van der Waals surface area contributed by atoms with Crippen LogP contribution in [0, 0.1) is 0 Å². The maximum atomic E-state index is 11.4. The van der Waals surface area contributed by atoms with E-state index in [0.717, 1.165) is 11.3 Å². The van der Waals surface area contributed by atoms with Gasteiger partial charge < -0.3 is 4.74 Å². The fraction of sp³-hybridized carbons (Fsp3) is 0.444. The van der Waals surface area contributed by atoms with Gasteiger partial charge in [0.15, 0.2) is 5.82 Å². The molecule has 7 heteroatoms. The summed E-state index contributed by atoms with van der Waals surface area (Å²) in [7, 11) is 0. The molecule has 0 unspecified atom stereocenters. The molecule has 0 radical (unpaired) electrons. The van der Waals surface area contributed by atoms with Gasteiger partial charge in [-0.25, -0.2) is 9.89 Å². The monoisotopic (exact) mass is 343 g/mol. The molecule has 0 bridgehead atoms. The van der Waals surface area contributed by atoms with Gasteiger partial charge in [-0.1, -0.05) is 20.8 Å². The molecule has 0 amide bonds. The summed E-state index contributed by atoms with van der Waals surface area (Å²) in [5, 5.41) is 10.6. The zero-order valence-corrected chi connectivity index (χ0v) is 15.5. The van der Waals surface area contributed by atoms with Gasteiger partial charge in [-0.2, -0.15) is 15.2 Å². The maximum Gasteiger partial charge on any atom is 0.363 e. The molecule has 2 aromatic rings. The van der Waals surface area contributed by atoms with Crippen molar-refractivity contribution in [1.82, 2.24) is 15.2 Å². The Morgan fingerprint density at radius 1 is 1.12 bits per heavy atom. The van der Waals surface area contributed by atoms with E-state index in [-0.39, 0.29) is 11.0 Å². The first-order valence-electron chi connectivity index (χ1n) is 8.10. The third kappa shape index (κ3) is 5.70. The normalized spacial score (nSPS) is 12.4. The third-order valence-electron chi connectivity index (χ3n) is 3.10. The van der Waals surface area contributed by atoms with Gasteiger partial charge in [0.05, 0.1) is 6.21 Å². The van der Waals surface area contributed by atoms with Crippen molar-refractivity contribution in [2.24, 2.45) is 5.10 Å². The number of anilines is 1. The zero-order valence-electron chi connectivity index (χ0n) is 15.5. The summed E-state index contributed by atoms with van der Waals surface area (Å²) in [5.41, 5.74) is 3.30. The van der Waals surface area contributed by atoms with Gasteiger partial charge in [-0.3, -0.25) is 5.43 Å². The summed E-state index contributed by atoms with van der Waals surface area (Å²) >= 11 is 0. The second-order valence-corrected chi connectivity index (χ2v) is 7.74. The molecule has 1 heterocycles. The van der Waals surface area contributed by atoms with Crippen molar-refractivity contribution in [3.8, 4) is 5.75 Å². The molecular weight excluding hydrogens is 318 g/mol. The van der Waals surface area contributed by atoms with E-state index in [0.29, 0.717) is 11.5 Å². The highest BCUT2D eigenvalue weighted by Crippen LogP contribution is 2.24. The predicted molar refractivity (Wildman–Crippen MR) is 99.4 cm³/mol. The summed E-state index contributed by atoms with van der Waals surface area (Å²) in [6.45, 7) is 12.0. The number of aromatic nitrogens is 3. The first kappa shape index (κ1) is 18.6. The average Bonchev–Trinajstić information content (AvgIpc) is 2.46. The molecule has 0 atom stereocenters. The van der Waals surface area contributed by atoms with E-state index >= 15 is 0 Å². The van der Waals surface area contributed by atoms with E-state index in [1.807, 2.05) is 65.8 Å². The third-order valence-corrected chi connectivity index (χ3v) is 3.10. The number of rotatable bonds is 4. The molecule has 0 saturated carbocycles. The first-order chi connectivity index (χ1) is 11.5. The summed E-state index contributed by atoms with van der Waals surface area (Å²) < 4.78 is 5.78. The van der Waals surface area contributed by atoms with Gasteiger partial charge in [0.1, 0.15) is 17.0 Å². The van der Waals surface area contributed by atoms with Gasteiger partial charge in [0.25, 0.3) is 0 Å². The van der Waals surface area contributed by atoms with Crippen LogP contribution in [0.25, 0.3) is 0 Å². The Morgan fingerprint density at radius 3 is 2.32 bits per heavy atom. The van der Waals surface area contributed by atoms with Crippen LogP contribution in [0.3, 0.4) is 0 Å². The van der Waals surface area contributed by atoms with E-state index in [9.17, 15) is 4.79 Å². The summed E-state index contributed by atoms with van der Waals surface area (Å²) in [6.07, 6.45) is 1.65. The molecular formula is C18H25N5O2. The molecule has 0 aliphatic carbocycles. The standard InChI is InChI=1S/C18H25N5O2/c1-17(2,3)14-15(20-16(24)23-21-14)22-19-11-12-7-9-13(10-8-12)25-18(4,5)6/h7-11H,1-6H3,(H2,20,22,23,24)/b19-11+. The lowest BCUT2D eigenvalue weighted by Crippen LogP contribution is -2.24. The largest absolute Gasteiger partial charge is 0.488 e. The van der Waals surface area contributed by atoms with Crippen molar-refractivity contribution in [3.63, 3.8) is 0 Å². The highest BCUT2D eigenvalue weighted by Gasteiger charge is 2.21. The number of hydrogen-bond donors (Lipinski definition) is 2. The van der Waals surface area contributed by atoms with Crippen molar-refractivity contribution in [3.05, 3.63) is 46.0 Å². The van der Waals surface area contributed by atoms with Gasteiger partial charge in [-0.15, -0.1) is 0 Å². The van der Waals surface area contributed by atoms with Crippen LogP contribution in [0.15, 0.2) is 34.2 Å². The lowest BCUT2D eigenvalue weighted by molar-refractivity contribution is 0.131.